The lowest BCUT2D eigenvalue weighted by Gasteiger charge is -2.34. The van der Waals surface area contributed by atoms with Crippen LogP contribution in [0.5, 0.6) is 0 Å². The van der Waals surface area contributed by atoms with Gasteiger partial charge in [0.15, 0.2) is 11.7 Å². The number of guanidine groups is 1. The zero-order chi connectivity index (χ0) is 15.4. The predicted octanol–water partition coefficient (Wildman–Crippen LogP) is 2.25. The van der Waals surface area contributed by atoms with E-state index in [1.54, 1.807) is 0 Å². The van der Waals surface area contributed by atoms with Crippen molar-refractivity contribution in [2.45, 2.75) is 31.3 Å². The van der Waals surface area contributed by atoms with Crippen LogP contribution < -0.4 is 5.32 Å². The van der Waals surface area contributed by atoms with Crippen molar-refractivity contribution in [3.8, 4) is 0 Å². The standard InChI is InChI=1S/C17H18N6/c1-22-10-12-15(18-11-6-3-2-4-7-11)20-21-16(12)23-14-9-5-8-13(14)19-17(22)23/h2-4,6-7,10,13-14H,5,8-9H2,1H3,(H,18,20)/t13-,14+/m1/s1. The molecule has 0 saturated heterocycles. The number of benzene rings is 1. The fraction of sp³-hybridized carbons (Fsp3) is 0.353. The molecule has 6 heteroatoms. The van der Waals surface area contributed by atoms with Crippen LogP contribution in [0.2, 0.25) is 0 Å². The van der Waals surface area contributed by atoms with Crippen molar-refractivity contribution in [2.75, 3.05) is 12.4 Å². The molecule has 4 aliphatic rings. The first-order valence-corrected chi connectivity index (χ1v) is 8.11. The lowest BCUT2D eigenvalue weighted by molar-refractivity contribution is 0.414. The Kier molecular flexibility index (Phi) is 2.62. The molecule has 1 fully saturated rings. The van der Waals surface area contributed by atoms with Gasteiger partial charge in [0, 0.05) is 18.9 Å². The first-order valence-electron chi connectivity index (χ1n) is 8.11. The normalized spacial score (nSPS) is 27.7. The molecule has 0 radical (unpaired) electrons. The molecule has 0 unspecified atom stereocenters. The first kappa shape index (κ1) is 12.9. The van der Waals surface area contributed by atoms with Crippen molar-refractivity contribution < 1.29 is 0 Å². The Balaban J connectivity index is 1.47. The second-order valence-electron chi connectivity index (χ2n) is 6.38. The van der Waals surface area contributed by atoms with Gasteiger partial charge in [0.2, 0.25) is 5.96 Å². The van der Waals surface area contributed by atoms with Gasteiger partial charge in [0.25, 0.3) is 0 Å². The molecule has 0 aromatic heterocycles. The molecule has 0 spiro atoms. The summed E-state index contributed by atoms with van der Waals surface area (Å²) in [5, 5.41) is 12.2. The summed E-state index contributed by atoms with van der Waals surface area (Å²) in [6.45, 7) is 0. The minimum Gasteiger partial charge on any atom is -0.338 e. The number of rotatable bonds is 1. The average molecular weight is 306 g/mol. The van der Waals surface area contributed by atoms with E-state index in [0.29, 0.717) is 12.1 Å². The lowest BCUT2D eigenvalue weighted by Crippen LogP contribution is -2.51. The molecule has 3 heterocycles. The Morgan fingerprint density at radius 1 is 1.13 bits per heavy atom. The van der Waals surface area contributed by atoms with E-state index in [1.807, 2.05) is 30.3 Å². The summed E-state index contributed by atoms with van der Waals surface area (Å²) in [6, 6.07) is 10.9. The molecule has 1 aromatic carbocycles. The average Bonchev–Trinajstić information content (AvgIpc) is 3.24. The Morgan fingerprint density at radius 3 is 2.87 bits per heavy atom. The van der Waals surface area contributed by atoms with Crippen LogP contribution in [0.1, 0.15) is 19.3 Å². The highest BCUT2D eigenvalue weighted by Crippen LogP contribution is 2.37. The molecule has 23 heavy (non-hydrogen) atoms. The molecule has 1 aromatic rings. The van der Waals surface area contributed by atoms with Crippen LogP contribution >= 0.6 is 0 Å². The molecular weight excluding hydrogens is 288 g/mol. The van der Waals surface area contributed by atoms with Gasteiger partial charge in [-0.15, -0.1) is 10.2 Å². The summed E-state index contributed by atoms with van der Waals surface area (Å²) < 4.78 is 0. The van der Waals surface area contributed by atoms with Crippen LogP contribution in [0.4, 0.5) is 5.69 Å². The lowest BCUT2D eigenvalue weighted by atomic mass is 10.1. The van der Waals surface area contributed by atoms with Crippen molar-refractivity contribution in [1.29, 1.82) is 0 Å². The number of anilines is 1. The second kappa shape index (κ2) is 4.68. The summed E-state index contributed by atoms with van der Waals surface area (Å²) in [5.41, 5.74) is 2.06. The highest BCUT2D eigenvalue weighted by molar-refractivity contribution is 6.32. The van der Waals surface area contributed by atoms with Crippen molar-refractivity contribution in [3.63, 3.8) is 0 Å². The number of nitrogens with zero attached hydrogens (tertiary/aromatic N) is 5. The Morgan fingerprint density at radius 2 is 2.00 bits per heavy atom. The quantitative estimate of drug-likeness (QED) is 0.866. The molecule has 6 nitrogen and oxygen atoms in total. The summed E-state index contributed by atoms with van der Waals surface area (Å²) in [4.78, 5) is 9.28. The highest BCUT2D eigenvalue weighted by atomic mass is 15.5. The fourth-order valence-corrected chi connectivity index (χ4v) is 3.85. The molecule has 0 amide bonds. The van der Waals surface area contributed by atoms with E-state index in [-0.39, 0.29) is 0 Å². The molecule has 1 saturated carbocycles. The van der Waals surface area contributed by atoms with E-state index in [2.05, 4.69) is 38.6 Å². The number of nitrogens with one attached hydrogen (secondary N) is 1. The van der Waals surface area contributed by atoms with Crippen LogP contribution in [0.3, 0.4) is 0 Å². The predicted molar refractivity (Wildman–Crippen MR) is 91.5 cm³/mol. The second-order valence-corrected chi connectivity index (χ2v) is 6.38. The summed E-state index contributed by atoms with van der Waals surface area (Å²) in [6.07, 6.45) is 5.68. The molecule has 2 atom stereocenters. The smallest absolute Gasteiger partial charge is 0.206 e. The maximum atomic E-state index is 4.89. The zero-order valence-corrected chi connectivity index (χ0v) is 13.0. The largest absolute Gasteiger partial charge is 0.338 e. The van der Waals surface area contributed by atoms with Gasteiger partial charge in [-0.2, -0.15) is 0 Å². The minimum atomic E-state index is 0.411. The van der Waals surface area contributed by atoms with Gasteiger partial charge >= 0.3 is 0 Å². The first-order chi connectivity index (χ1) is 11.3. The Hall–Kier alpha value is -2.63. The molecule has 3 aliphatic heterocycles. The third kappa shape index (κ3) is 1.84. The Bertz CT molecular complexity index is 776. The van der Waals surface area contributed by atoms with Gasteiger partial charge in [-0.25, -0.2) is 4.99 Å². The highest BCUT2D eigenvalue weighted by Gasteiger charge is 2.47. The van der Waals surface area contributed by atoms with E-state index >= 15 is 0 Å². The van der Waals surface area contributed by atoms with Gasteiger partial charge in [-0.1, -0.05) is 18.2 Å². The van der Waals surface area contributed by atoms with Crippen molar-refractivity contribution in [2.24, 2.45) is 15.2 Å². The molecule has 1 N–H and O–H groups in total. The molecule has 5 rings (SSSR count). The topological polar surface area (TPSA) is 55.6 Å². The van der Waals surface area contributed by atoms with Crippen LogP contribution in [0, 0.1) is 0 Å². The third-order valence-electron chi connectivity index (χ3n) is 4.92. The maximum absolute atomic E-state index is 4.89. The van der Waals surface area contributed by atoms with Crippen molar-refractivity contribution >= 4 is 23.3 Å². The molecule has 116 valence electrons. The SMILES string of the molecule is CN1C=C2C(Nc3ccccc3)=NN=C2N2C1=N[C@@H]1CCC[C@@H]12. The number of amidine groups is 2. The maximum Gasteiger partial charge on any atom is 0.206 e. The number of aliphatic imine (C=N–C) groups is 1. The summed E-state index contributed by atoms with van der Waals surface area (Å²) in [5.74, 6) is 2.76. The minimum absolute atomic E-state index is 0.411. The molecule has 1 aliphatic carbocycles. The van der Waals surface area contributed by atoms with E-state index in [1.165, 1.54) is 19.3 Å². The molecular formula is C17H18N6. The number of hydrogen-bond acceptors (Lipinski definition) is 6. The van der Waals surface area contributed by atoms with Gasteiger partial charge < -0.3 is 10.2 Å². The van der Waals surface area contributed by atoms with E-state index < -0.39 is 0 Å². The van der Waals surface area contributed by atoms with Crippen LogP contribution in [-0.2, 0) is 0 Å². The summed E-state index contributed by atoms with van der Waals surface area (Å²) in [7, 11) is 2.05. The summed E-state index contributed by atoms with van der Waals surface area (Å²) >= 11 is 0. The van der Waals surface area contributed by atoms with Gasteiger partial charge in [-0.05, 0) is 31.4 Å². The molecule has 0 bridgehead atoms. The van der Waals surface area contributed by atoms with E-state index in [4.69, 9.17) is 4.99 Å². The van der Waals surface area contributed by atoms with Crippen LogP contribution in [0.25, 0.3) is 0 Å². The Labute approximate surface area is 134 Å². The fourth-order valence-electron chi connectivity index (χ4n) is 3.85. The number of hydrogen-bond donors (Lipinski definition) is 1. The van der Waals surface area contributed by atoms with Gasteiger partial charge in [0.05, 0.1) is 17.7 Å². The van der Waals surface area contributed by atoms with Gasteiger partial charge in [-0.3, -0.25) is 4.90 Å². The van der Waals surface area contributed by atoms with Gasteiger partial charge in [0.1, 0.15) is 0 Å². The van der Waals surface area contributed by atoms with Crippen molar-refractivity contribution in [1.82, 2.24) is 9.80 Å². The van der Waals surface area contributed by atoms with Crippen LogP contribution in [-0.4, -0.2) is 46.6 Å². The number of para-hydroxylation sites is 1. The monoisotopic (exact) mass is 306 g/mol. The number of fused-ring (bicyclic) bond motifs is 5. The van der Waals surface area contributed by atoms with E-state index in [9.17, 15) is 0 Å². The van der Waals surface area contributed by atoms with E-state index in [0.717, 1.165) is 28.9 Å². The van der Waals surface area contributed by atoms with Crippen molar-refractivity contribution in [3.05, 3.63) is 42.1 Å². The zero-order valence-electron chi connectivity index (χ0n) is 13.0. The third-order valence-corrected chi connectivity index (χ3v) is 4.92. The van der Waals surface area contributed by atoms with Crippen LogP contribution in [0.15, 0.2) is 57.3 Å².